The van der Waals surface area contributed by atoms with Crippen molar-refractivity contribution in [3.8, 4) is 0 Å². The molecule has 0 saturated carbocycles. The Morgan fingerprint density at radius 3 is 2.93 bits per heavy atom. The van der Waals surface area contributed by atoms with Crippen molar-refractivity contribution in [2.45, 2.75) is 45.9 Å². The summed E-state index contributed by atoms with van der Waals surface area (Å²) >= 11 is 3.56. The lowest BCUT2D eigenvalue weighted by atomic mass is 10.1. The van der Waals surface area contributed by atoms with Gasteiger partial charge in [-0.2, -0.15) is 0 Å². The first-order valence-electron chi connectivity index (χ1n) is 10.0. The van der Waals surface area contributed by atoms with E-state index in [9.17, 15) is 0 Å². The summed E-state index contributed by atoms with van der Waals surface area (Å²) in [4.78, 5) is 14.4. The molecule has 2 unspecified atom stereocenters. The topological polar surface area (TPSA) is 61.8 Å². The van der Waals surface area contributed by atoms with E-state index in [0.29, 0.717) is 12.6 Å². The summed E-state index contributed by atoms with van der Waals surface area (Å²) in [5.74, 6) is 0.846. The highest BCUT2D eigenvalue weighted by Gasteiger charge is 2.26. The highest BCUT2D eigenvalue weighted by molar-refractivity contribution is 14.0. The third kappa shape index (κ3) is 7.46. The standard InChI is InChI=1S/C20H31N5OS2.HI/c1-4-16-11-22-19(28-16)13-24-20(21-5-2)23-12-17(18-7-6-10-27-18)25-8-9-26-15(3)14-25;/h6-7,10-11,15,17H,4-5,8-9,12-14H2,1-3H3,(H2,21,23,24);1H. The summed E-state index contributed by atoms with van der Waals surface area (Å²) in [6, 6.07) is 4.68. The predicted octanol–water partition coefficient (Wildman–Crippen LogP) is 3.90. The molecule has 0 spiro atoms. The second kappa shape index (κ2) is 12.8. The first kappa shape index (κ1) is 24.5. The second-order valence-corrected chi connectivity index (χ2v) is 9.04. The van der Waals surface area contributed by atoms with Crippen molar-refractivity contribution in [3.05, 3.63) is 38.5 Å². The zero-order valence-corrected chi connectivity index (χ0v) is 21.4. The van der Waals surface area contributed by atoms with E-state index in [-0.39, 0.29) is 30.1 Å². The van der Waals surface area contributed by atoms with Crippen LogP contribution in [0.25, 0.3) is 0 Å². The molecule has 0 amide bonds. The minimum absolute atomic E-state index is 0. The van der Waals surface area contributed by atoms with E-state index in [1.165, 1.54) is 9.75 Å². The molecule has 1 aliphatic rings. The Kier molecular flexibility index (Phi) is 10.9. The Balaban J connectivity index is 0.00000300. The lowest BCUT2D eigenvalue weighted by Crippen LogP contribution is -2.48. The number of thiazole rings is 1. The zero-order chi connectivity index (χ0) is 19.8. The maximum atomic E-state index is 5.74. The van der Waals surface area contributed by atoms with Crippen molar-refractivity contribution < 1.29 is 4.74 Å². The largest absolute Gasteiger partial charge is 0.376 e. The van der Waals surface area contributed by atoms with Crippen LogP contribution in [0.4, 0.5) is 0 Å². The molecule has 0 aromatic carbocycles. The molecule has 6 nitrogen and oxygen atoms in total. The van der Waals surface area contributed by atoms with Crippen LogP contribution < -0.4 is 10.6 Å². The predicted molar refractivity (Wildman–Crippen MR) is 134 cm³/mol. The molecule has 1 saturated heterocycles. The lowest BCUT2D eigenvalue weighted by molar-refractivity contribution is -0.0334. The van der Waals surface area contributed by atoms with Gasteiger partial charge in [0.1, 0.15) is 5.01 Å². The zero-order valence-electron chi connectivity index (χ0n) is 17.4. The summed E-state index contributed by atoms with van der Waals surface area (Å²) in [5.41, 5.74) is 0. The summed E-state index contributed by atoms with van der Waals surface area (Å²) < 4.78 is 5.74. The van der Waals surface area contributed by atoms with Gasteiger partial charge in [-0.1, -0.05) is 13.0 Å². The van der Waals surface area contributed by atoms with Crippen molar-refractivity contribution in [2.75, 3.05) is 32.8 Å². The normalized spacial score (nSPS) is 18.9. The van der Waals surface area contributed by atoms with Gasteiger partial charge in [0, 0.05) is 42.1 Å². The molecule has 0 radical (unpaired) electrons. The number of rotatable bonds is 8. The number of ether oxygens (including phenoxy) is 1. The quantitative estimate of drug-likeness (QED) is 0.297. The number of nitrogens with one attached hydrogen (secondary N) is 2. The number of aliphatic imine (C=N–C) groups is 1. The van der Waals surface area contributed by atoms with Gasteiger partial charge in [0.2, 0.25) is 0 Å². The molecular formula is C20H32IN5OS2. The first-order valence-corrected chi connectivity index (χ1v) is 11.7. The van der Waals surface area contributed by atoms with Crippen molar-refractivity contribution in [1.82, 2.24) is 20.5 Å². The van der Waals surface area contributed by atoms with Crippen LogP contribution in [0.5, 0.6) is 0 Å². The third-order valence-electron chi connectivity index (χ3n) is 4.71. The van der Waals surface area contributed by atoms with Gasteiger partial charge in [0.05, 0.1) is 25.3 Å². The molecule has 3 rings (SSSR count). The third-order valence-corrected chi connectivity index (χ3v) is 6.81. The number of halogens is 1. The van der Waals surface area contributed by atoms with Gasteiger partial charge in [-0.05, 0) is 31.7 Å². The average Bonchev–Trinajstić information content (AvgIpc) is 3.38. The molecule has 162 valence electrons. The number of aromatic nitrogens is 1. The van der Waals surface area contributed by atoms with Crippen LogP contribution in [0.1, 0.15) is 41.6 Å². The van der Waals surface area contributed by atoms with Crippen molar-refractivity contribution in [1.29, 1.82) is 0 Å². The van der Waals surface area contributed by atoms with Crippen LogP contribution in [0.3, 0.4) is 0 Å². The summed E-state index contributed by atoms with van der Waals surface area (Å²) in [6.07, 6.45) is 3.26. The van der Waals surface area contributed by atoms with Crippen molar-refractivity contribution in [3.63, 3.8) is 0 Å². The average molecular weight is 550 g/mol. The molecule has 9 heteroatoms. The first-order chi connectivity index (χ1) is 13.7. The number of thiophene rings is 1. The van der Waals surface area contributed by atoms with Gasteiger partial charge in [0.25, 0.3) is 0 Å². The maximum Gasteiger partial charge on any atom is 0.191 e. The highest BCUT2D eigenvalue weighted by Crippen LogP contribution is 2.26. The Hall–Kier alpha value is -0.750. The number of nitrogens with zero attached hydrogens (tertiary/aromatic N) is 3. The van der Waals surface area contributed by atoms with Crippen LogP contribution in [0.2, 0.25) is 0 Å². The lowest BCUT2D eigenvalue weighted by Gasteiger charge is -2.37. The highest BCUT2D eigenvalue weighted by atomic mass is 127. The molecule has 3 heterocycles. The monoisotopic (exact) mass is 549 g/mol. The summed E-state index contributed by atoms with van der Waals surface area (Å²) in [5, 5.41) is 10.1. The molecule has 29 heavy (non-hydrogen) atoms. The molecule has 1 aliphatic heterocycles. The van der Waals surface area contributed by atoms with E-state index < -0.39 is 0 Å². The molecule has 1 fully saturated rings. The molecular weight excluding hydrogens is 517 g/mol. The van der Waals surface area contributed by atoms with E-state index in [2.05, 4.69) is 58.8 Å². The van der Waals surface area contributed by atoms with Gasteiger partial charge in [-0.15, -0.1) is 46.7 Å². The molecule has 2 aromatic heterocycles. The Morgan fingerprint density at radius 1 is 1.41 bits per heavy atom. The smallest absolute Gasteiger partial charge is 0.191 e. The molecule has 2 atom stereocenters. The van der Waals surface area contributed by atoms with E-state index in [1.807, 2.05) is 17.5 Å². The van der Waals surface area contributed by atoms with E-state index >= 15 is 0 Å². The van der Waals surface area contributed by atoms with Gasteiger partial charge in [0.15, 0.2) is 5.96 Å². The van der Waals surface area contributed by atoms with Gasteiger partial charge in [-0.3, -0.25) is 4.90 Å². The minimum Gasteiger partial charge on any atom is -0.376 e. The SMILES string of the molecule is CCNC(=NCc1ncc(CC)s1)NCC(c1cccs1)N1CCOC(C)C1.I. The fourth-order valence-corrected chi connectivity index (χ4v) is 4.93. The van der Waals surface area contributed by atoms with Crippen LogP contribution >= 0.6 is 46.7 Å². The van der Waals surface area contributed by atoms with Crippen LogP contribution in [-0.2, 0) is 17.7 Å². The second-order valence-electron chi connectivity index (χ2n) is 6.86. The number of aryl methyl sites for hydroxylation is 1. The van der Waals surface area contributed by atoms with Crippen LogP contribution in [0, 0.1) is 0 Å². The maximum absolute atomic E-state index is 5.74. The fourth-order valence-electron chi connectivity index (χ4n) is 3.29. The van der Waals surface area contributed by atoms with Crippen LogP contribution in [-0.4, -0.2) is 54.7 Å². The molecule has 0 aliphatic carbocycles. The molecule has 2 aromatic rings. The Bertz CT molecular complexity index is 737. The number of hydrogen-bond donors (Lipinski definition) is 2. The van der Waals surface area contributed by atoms with E-state index in [0.717, 1.165) is 50.2 Å². The number of morpholine rings is 1. The Morgan fingerprint density at radius 2 is 2.28 bits per heavy atom. The summed E-state index contributed by atoms with van der Waals surface area (Å²) in [7, 11) is 0. The number of guanidine groups is 1. The van der Waals surface area contributed by atoms with Crippen molar-refractivity contribution >= 4 is 52.6 Å². The summed E-state index contributed by atoms with van der Waals surface area (Å²) in [6.45, 7) is 11.4. The van der Waals surface area contributed by atoms with Gasteiger partial charge in [-0.25, -0.2) is 9.98 Å². The molecule has 0 bridgehead atoms. The van der Waals surface area contributed by atoms with Crippen LogP contribution in [0.15, 0.2) is 28.7 Å². The van der Waals surface area contributed by atoms with Gasteiger partial charge >= 0.3 is 0 Å². The van der Waals surface area contributed by atoms with Gasteiger partial charge < -0.3 is 15.4 Å². The molecule has 2 N–H and O–H groups in total. The fraction of sp³-hybridized carbons (Fsp3) is 0.600. The van der Waals surface area contributed by atoms with Crippen molar-refractivity contribution in [2.24, 2.45) is 4.99 Å². The van der Waals surface area contributed by atoms with E-state index in [4.69, 9.17) is 9.73 Å². The Labute approximate surface area is 199 Å². The van der Waals surface area contributed by atoms with E-state index in [1.54, 1.807) is 11.3 Å². The minimum atomic E-state index is 0. The number of hydrogen-bond acceptors (Lipinski definition) is 6.